The SMILES string of the molecule is C=CN=C/C(=C\N)C(=O)NC1(C(=O)NCc2ccc(N(C)c3ccccc3)cc2)CC1. The van der Waals surface area contributed by atoms with E-state index in [9.17, 15) is 9.59 Å². The molecule has 1 fully saturated rings. The van der Waals surface area contributed by atoms with E-state index in [1.165, 1.54) is 12.4 Å². The summed E-state index contributed by atoms with van der Waals surface area (Å²) in [6, 6.07) is 18.1. The summed E-state index contributed by atoms with van der Waals surface area (Å²) in [5.41, 5.74) is 7.89. The maximum absolute atomic E-state index is 12.7. The zero-order valence-corrected chi connectivity index (χ0v) is 17.5. The third kappa shape index (κ3) is 5.39. The summed E-state index contributed by atoms with van der Waals surface area (Å²) < 4.78 is 0. The maximum atomic E-state index is 12.7. The van der Waals surface area contributed by atoms with E-state index in [0.29, 0.717) is 19.4 Å². The van der Waals surface area contributed by atoms with Crippen molar-refractivity contribution in [1.82, 2.24) is 10.6 Å². The van der Waals surface area contributed by atoms with E-state index in [1.807, 2.05) is 61.6 Å². The van der Waals surface area contributed by atoms with E-state index >= 15 is 0 Å². The smallest absolute Gasteiger partial charge is 0.255 e. The zero-order valence-electron chi connectivity index (χ0n) is 17.5. The van der Waals surface area contributed by atoms with Crippen LogP contribution in [0.15, 0.2) is 84.1 Å². The molecule has 1 aliphatic carbocycles. The second kappa shape index (κ2) is 9.75. The molecule has 2 aromatic rings. The lowest BCUT2D eigenvalue weighted by Crippen LogP contribution is -2.49. The van der Waals surface area contributed by atoms with Crippen molar-refractivity contribution in [1.29, 1.82) is 0 Å². The normalized spacial score (nSPS) is 14.7. The average Bonchev–Trinajstić information content (AvgIpc) is 3.59. The fourth-order valence-corrected chi connectivity index (χ4v) is 3.12. The standard InChI is InChI=1S/C24H27N5O2/c1-3-26-17-19(15-25)22(30)28-24(13-14-24)23(31)27-16-18-9-11-21(12-10-18)29(2)20-7-5-4-6-8-20/h3-12,15,17H,1,13-14,16,25H2,2H3,(H,27,31)(H,28,30)/b19-15+,26-17?. The Morgan fingerprint density at radius 3 is 2.35 bits per heavy atom. The number of benzene rings is 2. The highest BCUT2D eigenvalue weighted by Gasteiger charge is 2.51. The Morgan fingerprint density at radius 1 is 1.13 bits per heavy atom. The van der Waals surface area contributed by atoms with Gasteiger partial charge in [0.25, 0.3) is 5.91 Å². The highest BCUT2D eigenvalue weighted by Crippen LogP contribution is 2.36. The number of hydrogen-bond donors (Lipinski definition) is 3. The van der Waals surface area contributed by atoms with Gasteiger partial charge in [0.1, 0.15) is 5.54 Å². The highest BCUT2D eigenvalue weighted by molar-refractivity contribution is 6.13. The molecular weight excluding hydrogens is 390 g/mol. The van der Waals surface area contributed by atoms with Crippen LogP contribution >= 0.6 is 0 Å². The van der Waals surface area contributed by atoms with Crippen molar-refractivity contribution in [3.8, 4) is 0 Å². The number of aliphatic imine (C=N–C) groups is 1. The van der Waals surface area contributed by atoms with Crippen molar-refractivity contribution in [2.45, 2.75) is 24.9 Å². The molecule has 160 valence electrons. The number of carbonyl (C=O) groups is 2. The Hall–Kier alpha value is -3.87. The number of rotatable bonds is 9. The molecular formula is C24H27N5O2. The van der Waals surface area contributed by atoms with Gasteiger partial charge < -0.3 is 21.3 Å². The molecule has 3 rings (SSSR count). The van der Waals surface area contributed by atoms with Gasteiger partial charge in [0.15, 0.2) is 0 Å². The Bertz CT molecular complexity index is 992. The molecule has 0 aromatic heterocycles. The number of anilines is 2. The van der Waals surface area contributed by atoms with Crippen molar-refractivity contribution in [3.05, 3.63) is 84.7 Å². The number of para-hydroxylation sites is 1. The Labute approximate surface area is 182 Å². The molecule has 7 nitrogen and oxygen atoms in total. The minimum absolute atomic E-state index is 0.178. The van der Waals surface area contributed by atoms with Gasteiger partial charge in [-0.25, -0.2) is 0 Å². The predicted molar refractivity (Wildman–Crippen MR) is 124 cm³/mol. The zero-order chi connectivity index (χ0) is 22.3. The summed E-state index contributed by atoms with van der Waals surface area (Å²) in [6.45, 7) is 3.84. The van der Waals surface area contributed by atoms with Crippen LogP contribution in [0.3, 0.4) is 0 Å². The lowest BCUT2D eigenvalue weighted by atomic mass is 10.1. The molecule has 2 aromatic carbocycles. The van der Waals surface area contributed by atoms with Crippen LogP contribution in [0.1, 0.15) is 18.4 Å². The number of hydrogen-bond acceptors (Lipinski definition) is 5. The largest absolute Gasteiger partial charge is 0.404 e. The summed E-state index contributed by atoms with van der Waals surface area (Å²) in [7, 11) is 2.01. The van der Waals surface area contributed by atoms with Crippen molar-refractivity contribution in [3.63, 3.8) is 0 Å². The summed E-state index contributed by atoms with van der Waals surface area (Å²) in [5, 5.41) is 5.69. The van der Waals surface area contributed by atoms with E-state index in [4.69, 9.17) is 5.73 Å². The fraction of sp³-hybridized carbons (Fsp3) is 0.208. The van der Waals surface area contributed by atoms with Crippen LogP contribution in [0.2, 0.25) is 0 Å². The summed E-state index contributed by atoms with van der Waals surface area (Å²) in [5.74, 6) is -0.641. The van der Waals surface area contributed by atoms with Gasteiger partial charge >= 0.3 is 0 Å². The van der Waals surface area contributed by atoms with Gasteiger partial charge in [-0.05, 0) is 42.7 Å². The first-order chi connectivity index (χ1) is 15.0. The molecule has 1 aliphatic rings. The van der Waals surface area contributed by atoms with Gasteiger partial charge in [-0.2, -0.15) is 0 Å². The van der Waals surface area contributed by atoms with Crippen LogP contribution in [-0.2, 0) is 16.1 Å². The van der Waals surface area contributed by atoms with Gasteiger partial charge in [0.2, 0.25) is 5.91 Å². The van der Waals surface area contributed by atoms with E-state index < -0.39 is 11.4 Å². The monoisotopic (exact) mass is 417 g/mol. The van der Waals surface area contributed by atoms with Gasteiger partial charge in [-0.15, -0.1) is 0 Å². The van der Waals surface area contributed by atoms with Gasteiger partial charge in [0, 0.05) is 43.6 Å². The van der Waals surface area contributed by atoms with Crippen molar-refractivity contribution >= 4 is 29.4 Å². The van der Waals surface area contributed by atoms with Crippen LogP contribution in [0.5, 0.6) is 0 Å². The number of nitrogens with zero attached hydrogens (tertiary/aromatic N) is 2. The maximum Gasteiger partial charge on any atom is 0.255 e. The molecule has 0 unspecified atom stereocenters. The molecule has 0 aliphatic heterocycles. The summed E-state index contributed by atoms with van der Waals surface area (Å²) in [6.07, 6.45) is 4.94. The van der Waals surface area contributed by atoms with E-state index in [-0.39, 0.29) is 11.5 Å². The van der Waals surface area contributed by atoms with E-state index in [1.54, 1.807) is 0 Å². The molecule has 0 heterocycles. The fourth-order valence-electron chi connectivity index (χ4n) is 3.12. The molecule has 0 saturated heterocycles. The Kier molecular flexibility index (Phi) is 6.87. The minimum Gasteiger partial charge on any atom is -0.404 e. The van der Waals surface area contributed by atoms with Crippen molar-refractivity contribution < 1.29 is 9.59 Å². The molecule has 0 bridgehead atoms. The minimum atomic E-state index is -0.888. The first-order valence-electron chi connectivity index (χ1n) is 10.0. The third-order valence-corrected chi connectivity index (χ3v) is 5.22. The Balaban J connectivity index is 1.56. The first kappa shape index (κ1) is 21.8. The number of amides is 2. The third-order valence-electron chi connectivity index (χ3n) is 5.22. The Morgan fingerprint density at radius 2 is 1.77 bits per heavy atom. The first-order valence-corrected chi connectivity index (χ1v) is 10.0. The van der Waals surface area contributed by atoms with Crippen LogP contribution in [-0.4, -0.2) is 30.6 Å². The van der Waals surface area contributed by atoms with Crippen LogP contribution in [0, 0.1) is 0 Å². The number of carbonyl (C=O) groups excluding carboxylic acids is 2. The van der Waals surface area contributed by atoms with E-state index in [0.717, 1.165) is 23.1 Å². The molecule has 0 radical (unpaired) electrons. The molecule has 31 heavy (non-hydrogen) atoms. The predicted octanol–water partition coefficient (Wildman–Crippen LogP) is 2.78. The van der Waals surface area contributed by atoms with Gasteiger partial charge in [0.05, 0.1) is 5.57 Å². The molecule has 2 amide bonds. The van der Waals surface area contributed by atoms with Gasteiger partial charge in [-0.1, -0.05) is 36.9 Å². The van der Waals surface area contributed by atoms with Crippen molar-refractivity contribution in [2.24, 2.45) is 10.7 Å². The number of nitrogens with two attached hydrogens (primary N) is 1. The molecule has 0 atom stereocenters. The van der Waals surface area contributed by atoms with Crippen molar-refractivity contribution in [2.75, 3.05) is 11.9 Å². The lowest BCUT2D eigenvalue weighted by molar-refractivity contribution is -0.128. The van der Waals surface area contributed by atoms with Gasteiger partial charge in [-0.3, -0.25) is 14.6 Å². The topological polar surface area (TPSA) is 99.8 Å². The highest BCUT2D eigenvalue weighted by atomic mass is 16.2. The van der Waals surface area contributed by atoms with E-state index in [2.05, 4.69) is 27.1 Å². The second-order valence-electron chi connectivity index (χ2n) is 7.36. The quantitative estimate of drug-likeness (QED) is 0.431. The van der Waals surface area contributed by atoms with Crippen LogP contribution in [0.4, 0.5) is 11.4 Å². The lowest BCUT2D eigenvalue weighted by Gasteiger charge is -2.20. The second-order valence-corrected chi connectivity index (χ2v) is 7.36. The van der Waals surface area contributed by atoms with Crippen LogP contribution < -0.4 is 21.3 Å². The molecule has 4 N–H and O–H groups in total. The number of nitrogens with one attached hydrogen (secondary N) is 2. The molecule has 0 spiro atoms. The summed E-state index contributed by atoms with van der Waals surface area (Å²) >= 11 is 0. The van der Waals surface area contributed by atoms with Crippen LogP contribution in [0.25, 0.3) is 0 Å². The molecule has 7 heteroatoms. The molecule has 1 saturated carbocycles. The average molecular weight is 418 g/mol. The summed E-state index contributed by atoms with van der Waals surface area (Å²) in [4.78, 5) is 30.9.